The number of aromatic nitrogens is 1. The Balaban J connectivity index is 2.18. The number of nitrogens with two attached hydrogens (primary N) is 1. The van der Waals surface area contributed by atoms with Crippen molar-refractivity contribution in [3.05, 3.63) is 47.8 Å². The van der Waals surface area contributed by atoms with Gasteiger partial charge in [0.1, 0.15) is 5.69 Å². The smallest absolute Gasteiger partial charge is 0.397 e. The zero-order valence-electron chi connectivity index (χ0n) is 9.58. The van der Waals surface area contributed by atoms with Gasteiger partial charge in [-0.05, 0) is 24.3 Å². The maximum atomic E-state index is 12.5. The van der Waals surface area contributed by atoms with Crippen LogP contribution in [-0.2, 0) is 6.18 Å². The number of halogens is 3. The molecule has 2 rings (SSSR count). The highest BCUT2D eigenvalue weighted by Gasteiger charge is 2.30. The first-order chi connectivity index (χ1) is 8.86. The molecule has 0 unspecified atom stereocenters. The third kappa shape index (κ3) is 3.06. The van der Waals surface area contributed by atoms with Crippen LogP contribution in [0.1, 0.15) is 16.1 Å². The molecule has 0 saturated carbocycles. The van der Waals surface area contributed by atoms with Crippen molar-refractivity contribution in [1.82, 2.24) is 4.98 Å². The van der Waals surface area contributed by atoms with Crippen molar-refractivity contribution in [2.45, 2.75) is 6.18 Å². The van der Waals surface area contributed by atoms with E-state index in [1.807, 2.05) is 0 Å². The van der Waals surface area contributed by atoms with Crippen LogP contribution >= 0.6 is 0 Å². The maximum absolute atomic E-state index is 12.5. The van der Waals surface area contributed by atoms with Gasteiger partial charge in [-0.15, -0.1) is 0 Å². The molecule has 4 nitrogen and oxygen atoms in total. The second-order valence-corrected chi connectivity index (χ2v) is 3.88. The van der Waals surface area contributed by atoms with E-state index >= 15 is 0 Å². The molecule has 2 aromatic rings. The Hall–Kier alpha value is -2.44. The van der Waals surface area contributed by atoms with Crippen LogP contribution in [0.15, 0.2) is 36.5 Å². The van der Waals surface area contributed by atoms with E-state index in [1.54, 1.807) is 0 Å². The first-order valence-electron chi connectivity index (χ1n) is 5.29. The number of nitrogen functional groups attached to an aromatic ring is 1. The molecule has 4 N–H and O–H groups in total. The van der Waals surface area contributed by atoms with Gasteiger partial charge in [-0.3, -0.25) is 4.79 Å². The molecule has 1 heterocycles. The van der Waals surface area contributed by atoms with Crippen LogP contribution in [0.25, 0.3) is 0 Å². The topological polar surface area (TPSA) is 70.9 Å². The van der Waals surface area contributed by atoms with Gasteiger partial charge in [0.25, 0.3) is 5.91 Å². The summed E-state index contributed by atoms with van der Waals surface area (Å²) in [7, 11) is 0. The zero-order chi connectivity index (χ0) is 14.0. The molecule has 7 heteroatoms. The van der Waals surface area contributed by atoms with Crippen LogP contribution in [0.5, 0.6) is 0 Å². The molecule has 1 amide bonds. The molecule has 0 atom stereocenters. The highest BCUT2D eigenvalue weighted by molar-refractivity contribution is 6.03. The predicted octanol–water partition coefficient (Wildman–Crippen LogP) is 2.87. The molecular formula is C12H10F3N3O. The van der Waals surface area contributed by atoms with Crippen molar-refractivity contribution < 1.29 is 18.0 Å². The van der Waals surface area contributed by atoms with Gasteiger partial charge in [0, 0.05) is 17.6 Å². The van der Waals surface area contributed by atoms with Gasteiger partial charge in [0.2, 0.25) is 0 Å². The lowest BCUT2D eigenvalue weighted by Crippen LogP contribution is -2.13. The molecule has 100 valence electrons. The second-order valence-electron chi connectivity index (χ2n) is 3.88. The largest absolute Gasteiger partial charge is 0.416 e. The minimum atomic E-state index is -4.45. The molecule has 0 aliphatic rings. The van der Waals surface area contributed by atoms with Gasteiger partial charge < -0.3 is 16.0 Å². The average molecular weight is 269 g/mol. The molecule has 0 spiro atoms. The minimum absolute atomic E-state index is 0.0630. The van der Waals surface area contributed by atoms with E-state index in [9.17, 15) is 18.0 Å². The van der Waals surface area contributed by atoms with Crippen LogP contribution in [0.4, 0.5) is 24.5 Å². The number of aromatic amines is 1. The fourth-order valence-corrected chi connectivity index (χ4v) is 1.51. The third-order valence-electron chi connectivity index (χ3n) is 2.40. The fourth-order valence-electron chi connectivity index (χ4n) is 1.51. The van der Waals surface area contributed by atoms with Gasteiger partial charge in [-0.25, -0.2) is 0 Å². The van der Waals surface area contributed by atoms with Crippen molar-refractivity contribution in [3.63, 3.8) is 0 Å². The number of H-pyrrole nitrogens is 1. The number of nitrogens with one attached hydrogen (secondary N) is 2. The summed E-state index contributed by atoms with van der Waals surface area (Å²) >= 11 is 0. The van der Waals surface area contributed by atoms with Gasteiger partial charge in [-0.1, -0.05) is 6.07 Å². The van der Waals surface area contributed by atoms with E-state index in [2.05, 4.69) is 10.3 Å². The summed E-state index contributed by atoms with van der Waals surface area (Å²) < 4.78 is 37.5. The molecule has 0 saturated heterocycles. The van der Waals surface area contributed by atoms with Crippen LogP contribution in [0, 0.1) is 0 Å². The number of anilines is 2. The molecule has 1 aromatic carbocycles. The van der Waals surface area contributed by atoms with Crippen LogP contribution < -0.4 is 11.1 Å². The summed E-state index contributed by atoms with van der Waals surface area (Å²) in [6.45, 7) is 0. The van der Waals surface area contributed by atoms with E-state index in [0.29, 0.717) is 5.69 Å². The number of rotatable bonds is 2. The first-order valence-corrected chi connectivity index (χ1v) is 5.29. The summed E-state index contributed by atoms with van der Waals surface area (Å²) in [6.07, 6.45) is -3.03. The second kappa shape index (κ2) is 4.68. The zero-order valence-corrected chi connectivity index (χ0v) is 9.58. The predicted molar refractivity (Wildman–Crippen MR) is 64.6 cm³/mol. The number of amides is 1. The Kier molecular flexibility index (Phi) is 3.20. The van der Waals surface area contributed by atoms with Gasteiger partial charge in [0.15, 0.2) is 0 Å². The van der Waals surface area contributed by atoms with Crippen molar-refractivity contribution >= 4 is 17.3 Å². The van der Waals surface area contributed by atoms with E-state index in [4.69, 9.17) is 5.73 Å². The van der Waals surface area contributed by atoms with Crippen LogP contribution in [0.2, 0.25) is 0 Å². The molecule has 0 aliphatic carbocycles. The number of alkyl halides is 3. The quantitative estimate of drug-likeness (QED) is 0.784. The third-order valence-corrected chi connectivity index (χ3v) is 2.40. The molecular weight excluding hydrogens is 259 g/mol. The molecule has 1 aromatic heterocycles. The Morgan fingerprint density at radius 2 is 2.00 bits per heavy atom. The lowest BCUT2D eigenvalue weighted by Gasteiger charge is -2.09. The van der Waals surface area contributed by atoms with Gasteiger partial charge >= 0.3 is 6.18 Å². The number of hydrogen-bond donors (Lipinski definition) is 3. The molecule has 0 bridgehead atoms. The Labute approximate surface area is 106 Å². The van der Waals surface area contributed by atoms with Crippen molar-refractivity contribution in [2.75, 3.05) is 11.1 Å². The van der Waals surface area contributed by atoms with E-state index in [-0.39, 0.29) is 11.4 Å². The summed E-state index contributed by atoms with van der Waals surface area (Å²) in [5, 5.41) is 2.36. The number of benzene rings is 1. The first kappa shape index (κ1) is 13.0. The van der Waals surface area contributed by atoms with Crippen molar-refractivity contribution in [1.29, 1.82) is 0 Å². The van der Waals surface area contributed by atoms with E-state index in [0.717, 1.165) is 12.1 Å². The summed E-state index contributed by atoms with van der Waals surface area (Å²) in [5.74, 6) is -0.559. The SMILES string of the molecule is Nc1c[nH]c(C(=O)Nc2cccc(C(F)(F)F)c2)c1. The maximum Gasteiger partial charge on any atom is 0.416 e. The number of hydrogen-bond acceptors (Lipinski definition) is 2. The van der Waals surface area contributed by atoms with Gasteiger partial charge in [0.05, 0.1) is 5.56 Å². The highest BCUT2D eigenvalue weighted by atomic mass is 19.4. The lowest BCUT2D eigenvalue weighted by atomic mass is 10.2. The Bertz CT molecular complexity index is 604. The normalized spacial score (nSPS) is 11.3. The monoisotopic (exact) mass is 269 g/mol. The molecule has 19 heavy (non-hydrogen) atoms. The van der Waals surface area contributed by atoms with Crippen molar-refractivity contribution in [2.24, 2.45) is 0 Å². The van der Waals surface area contributed by atoms with Crippen molar-refractivity contribution in [3.8, 4) is 0 Å². The Morgan fingerprint density at radius 1 is 1.26 bits per heavy atom. The number of carbonyl (C=O) groups is 1. The molecule has 0 radical (unpaired) electrons. The van der Waals surface area contributed by atoms with Crippen LogP contribution in [0.3, 0.4) is 0 Å². The summed E-state index contributed by atoms with van der Waals surface area (Å²) in [5.41, 5.74) is 5.22. The summed E-state index contributed by atoms with van der Waals surface area (Å²) in [6, 6.07) is 5.79. The fraction of sp³-hybridized carbons (Fsp3) is 0.0833. The lowest BCUT2D eigenvalue weighted by molar-refractivity contribution is -0.137. The van der Waals surface area contributed by atoms with E-state index in [1.165, 1.54) is 24.4 Å². The highest BCUT2D eigenvalue weighted by Crippen LogP contribution is 2.30. The van der Waals surface area contributed by atoms with E-state index < -0.39 is 17.6 Å². The molecule has 0 fully saturated rings. The number of carbonyl (C=O) groups excluding carboxylic acids is 1. The summed E-state index contributed by atoms with van der Waals surface area (Å²) in [4.78, 5) is 14.3. The van der Waals surface area contributed by atoms with Crippen LogP contribution in [-0.4, -0.2) is 10.9 Å². The average Bonchev–Trinajstić information content (AvgIpc) is 2.75. The standard InChI is InChI=1S/C12H10F3N3O/c13-12(14,15)7-2-1-3-9(4-7)18-11(19)10-5-8(16)6-17-10/h1-6,17H,16H2,(H,18,19). The Morgan fingerprint density at radius 3 is 2.58 bits per heavy atom. The molecule has 0 aliphatic heterocycles. The minimum Gasteiger partial charge on any atom is -0.397 e. The van der Waals surface area contributed by atoms with Gasteiger partial charge in [-0.2, -0.15) is 13.2 Å².